The van der Waals surface area contributed by atoms with Gasteiger partial charge in [-0.25, -0.2) is 0 Å². The zero-order valence-corrected chi connectivity index (χ0v) is 12.3. The molecule has 0 aliphatic carbocycles. The van der Waals surface area contributed by atoms with E-state index in [1.165, 1.54) is 0 Å². The minimum atomic E-state index is 0.177. The van der Waals surface area contributed by atoms with Crippen LogP contribution in [0.3, 0.4) is 0 Å². The Hall–Kier alpha value is -1.96. The van der Waals surface area contributed by atoms with Crippen LogP contribution >= 0.6 is 0 Å². The van der Waals surface area contributed by atoms with Crippen LogP contribution in [0.1, 0.15) is 30.5 Å². The maximum atomic E-state index is 5.82. The van der Waals surface area contributed by atoms with Crippen LogP contribution in [-0.2, 0) is 0 Å². The summed E-state index contributed by atoms with van der Waals surface area (Å²) in [6, 6.07) is 13.9. The second kappa shape index (κ2) is 6.00. The largest absolute Gasteiger partial charge is 0.491 e. The highest BCUT2D eigenvalue weighted by Gasteiger charge is 2.07. The summed E-state index contributed by atoms with van der Waals surface area (Å²) in [5, 5.41) is 0. The van der Waals surface area contributed by atoms with E-state index in [-0.39, 0.29) is 6.10 Å². The summed E-state index contributed by atoms with van der Waals surface area (Å²) in [5.74, 6) is 0.920. The van der Waals surface area contributed by atoms with Crippen molar-refractivity contribution in [1.29, 1.82) is 0 Å². The van der Waals surface area contributed by atoms with Crippen molar-refractivity contribution in [3.05, 3.63) is 65.7 Å². The van der Waals surface area contributed by atoms with Crippen LogP contribution in [0, 0.1) is 6.92 Å². The molecule has 2 aromatic rings. The van der Waals surface area contributed by atoms with Gasteiger partial charge in [-0.05, 0) is 55.2 Å². The maximum Gasteiger partial charge on any atom is 0.122 e. The highest BCUT2D eigenvalue weighted by atomic mass is 16.5. The third-order valence-electron chi connectivity index (χ3n) is 3.12. The summed E-state index contributed by atoms with van der Waals surface area (Å²) in [6.07, 6.45) is 0.177. The molecule has 0 amide bonds. The molecule has 2 radical (unpaired) electrons. The fourth-order valence-electron chi connectivity index (χ4n) is 2.12. The molecule has 0 aliphatic heterocycles. The second-order valence-electron chi connectivity index (χ2n) is 5.25. The van der Waals surface area contributed by atoms with Crippen molar-refractivity contribution in [2.45, 2.75) is 26.9 Å². The molecule has 2 rings (SSSR count). The third-order valence-corrected chi connectivity index (χ3v) is 3.12. The Morgan fingerprint density at radius 1 is 1.10 bits per heavy atom. The van der Waals surface area contributed by atoms with Gasteiger partial charge in [0.1, 0.15) is 13.6 Å². The number of ether oxygens (including phenoxy) is 1. The van der Waals surface area contributed by atoms with Crippen LogP contribution in [0.15, 0.2) is 49.0 Å². The lowest BCUT2D eigenvalue weighted by molar-refractivity contribution is 0.241. The van der Waals surface area contributed by atoms with Crippen molar-refractivity contribution in [2.24, 2.45) is 0 Å². The summed E-state index contributed by atoms with van der Waals surface area (Å²) in [5.41, 5.74) is 4.96. The minimum Gasteiger partial charge on any atom is -0.491 e. The molecule has 2 heteroatoms. The van der Waals surface area contributed by atoms with Gasteiger partial charge in [0.2, 0.25) is 0 Å². The SMILES string of the molecule is [B]c1cccc(C(=C)c2ccc(OC(C)C)c(C)c2)c1. The number of hydrogen-bond acceptors (Lipinski definition) is 1. The van der Waals surface area contributed by atoms with E-state index in [2.05, 4.69) is 12.6 Å². The van der Waals surface area contributed by atoms with Crippen LogP contribution in [0.25, 0.3) is 5.57 Å². The van der Waals surface area contributed by atoms with Crippen LogP contribution in [0.5, 0.6) is 5.75 Å². The molecule has 20 heavy (non-hydrogen) atoms. The fourth-order valence-corrected chi connectivity index (χ4v) is 2.12. The van der Waals surface area contributed by atoms with Gasteiger partial charge < -0.3 is 4.74 Å². The Morgan fingerprint density at radius 3 is 2.40 bits per heavy atom. The number of hydrogen-bond donors (Lipinski definition) is 0. The summed E-state index contributed by atoms with van der Waals surface area (Å²) in [4.78, 5) is 0. The van der Waals surface area contributed by atoms with E-state index < -0.39 is 0 Å². The molecule has 0 unspecified atom stereocenters. The molecule has 0 bridgehead atoms. The van der Waals surface area contributed by atoms with Crippen LogP contribution in [0.4, 0.5) is 0 Å². The maximum absolute atomic E-state index is 5.82. The van der Waals surface area contributed by atoms with Crippen molar-refractivity contribution >= 4 is 18.9 Å². The summed E-state index contributed by atoms with van der Waals surface area (Å²) in [6.45, 7) is 10.3. The van der Waals surface area contributed by atoms with E-state index in [0.717, 1.165) is 33.5 Å². The van der Waals surface area contributed by atoms with E-state index in [4.69, 9.17) is 12.6 Å². The Kier molecular flexibility index (Phi) is 4.34. The van der Waals surface area contributed by atoms with Crippen molar-refractivity contribution in [1.82, 2.24) is 0 Å². The van der Waals surface area contributed by atoms with Gasteiger partial charge in [-0.3, -0.25) is 0 Å². The zero-order valence-electron chi connectivity index (χ0n) is 12.3. The van der Waals surface area contributed by atoms with Crippen molar-refractivity contribution in [2.75, 3.05) is 0 Å². The van der Waals surface area contributed by atoms with E-state index in [0.29, 0.717) is 0 Å². The standard InChI is InChI=1S/C18H19BO/c1-12(2)20-18-9-8-16(10-13(18)3)14(4)15-6-5-7-17(19)11-15/h5-12H,4H2,1-3H3. The first-order valence-corrected chi connectivity index (χ1v) is 6.80. The van der Waals surface area contributed by atoms with Gasteiger partial charge in [0.25, 0.3) is 0 Å². The van der Waals surface area contributed by atoms with Crippen LogP contribution in [-0.4, -0.2) is 14.0 Å². The molecule has 1 nitrogen and oxygen atoms in total. The van der Waals surface area contributed by atoms with Crippen LogP contribution in [0.2, 0.25) is 0 Å². The molecule has 0 spiro atoms. The van der Waals surface area contributed by atoms with E-state index in [1.54, 1.807) is 0 Å². The number of aryl methyl sites for hydroxylation is 1. The number of benzene rings is 2. The molecule has 0 fully saturated rings. The normalized spacial score (nSPS) is 10.6. The zero-order chi connectivity index (χ0) is 14.7. The van der Waals surface area contributed by atoms with Crippen molar-refractivity contribution < 1.29 is 4.74 Å². The molecule has 0 aliphatic rings. The predicted octanol–water partition coefficient (Wildman–Crippen LogP) is 3.64. The van der Waals surface area contributed by atoms with Crippen LogP contribution < -0.4 is 10.2 Å². The van der Waals surface area contributed by atoms with Gasteiger partial charge >= 0.3 is 0 Å². The van der Waals surface area contributed by atoms with Gasteiger partial charge in [-0.2, -0.15) is 0 Å². The molecule has 0 N–H and O–H groups in total. The topological polar surface area (TPSA) is 9.23 Å². The average Bonchev–Trinajstić information content (AvgIpc) is 2.40. The number of rotatable bonds is 4. The van der Waals surface area contributed by atoms with Crippen molar-refractivity contribution in [3.63, 3.8) is 0 Å². The first-order chi connectivity index (χ1) is 9.47. The molecule has 0 aromatic heterocycles. The predicted molar refractivity (Wildman–Crippen MR) is 86.9 cm³/mol. The first-order valence-electron chi connectivity index (χ1n) is 6.80. The third kappa shape index (κ3) is 3.33. The minimum absolute atomic E-state index is 0.177. The molecule has 2 aromatic carbocycles. The summed E-state index contributed by atoms with van der Waals surface area (Å²) < 4.78 is 5.75. The lowest BCUT2D eigenvalue weighted by atomic mass is 9.90. The van der Waals surface area contributed by atoms with E-state index in [9.17, 15) is 0 Å². The fraction of sp³-hybridized carbons (Fsp3) is 0.222. The molecule has 0 heterocycles. The summed E-state index contributed by atoms with van der Waals surface area (Å²) in [7, 11) is 5.82. The molecule has 100 valence electrons. The lowest BCUT2D eigenvalue weighted by Crippen LogP contribution is -2.07. The summed E-state index contributed by atoms with van der Waals surface area (Å²) >= 11 is 0. The van der Waals surface area contributed by atoms with Gasteiger partial charge in [0.05, 0.1) is 6.10 Å². The molecule has 0 saturated carbocycles. The molecular weight excluding hydrogens is 243 g/mol. The highest BCUT2D eigenvalue weighted by Crippen LogP contribution is 2.26. The van der Waals surface area contributed by atoms with E-state index in [1.807, 2.05) is 57.2 Å². The van der Waals surface area contributed by atoms with E-state index >= 15 is 0 Å². The Labute approximate surface area is 122 Å². The second-order valence-corrected chi connectivity index (χ2v) is 5.25. The Bertz CT molecular complexity index is 629. The average molecular weight is 262 g/mol. The quantitative estimate of drug-likeness (QED) is 0.764. The van der Waals surface area contributed by atoms with Gasteiger partial charge in [0, 0.05) is 0 Å². The van der Waals surface area contributed by atoms with Gasteiger partial charge in [-0.1, -0.05) is 42.4 Å². The molecule has 0 atom stereocenters. The van der Waals surface area contributed by atoms with Gasteiger partial charge in [0.15, 0.2) is 0 Å². The highest BCUT2D eigenvalue weighted by molar-refractivity contribution is 6.32. The molecular formula is C18H19BO. The van der Waals surface area contributed by atoms with Gasteiger partial charge in [-0.15, -0.1) is 0 Å². The Balaban J connectivity index is 2.30. The van der Waals surface area contributed by atoms with Crippen molar-refractivity contribution in [3.8, 4) is 5.75 Å². The first kappa shape index (κ1) is 14.5. The smallest absolute Gasteiger partial charge is 0.122 e. The lowest BCUT2D eigenvalue weighted by Gasteiger charge is -2.14. The Morgan fingerprint density at radius 2 is 1.80 bits per heavy atom. The monoisotopic (exact) mass is 262 g/mol. The molecule has 0 saturated heterocycles.